The quantitative estimate of drug-likeness (QED) is 0.539. The van der Waals surface area contributed by atoms with Crippen molar-refractivity contribution >= 4 is 11.8 Å². The molecule has 0 unspecified atom stereocenters. The number of carbonyl (C=O) groups excluding carboxylic acids is 2. The molecule has 0 aliphatic carbocycles. The molecule has 0 N–H and O–H groups in total. The third-order valence-corrected chi connectivity index (χ3v) is 5.80. The van der Waals surface area contributed by atoms with Gasteiger partial charge in [0.2, 0.25) is 0 Å². The zero-order valence-corrected chi connectivity index (χ0v) is 19.6. The van der Waals surface area contributed by atoms with Crippen LogP contribution in [0.15, 0.2) is 53.1 Å². The molecule has 10 heteroatoms. The number of rotatable bonds is 3. The summed E-state index contributed by atoms with van der Waals surface area (Å²) >= 11 is 0. The van der Waals surface area contributed by atoms with Crippen LogP contribution < -0.4 is 0 Å². The van der Waals surface area contributed by atoms with Crippen LogP contribution in [0, 0.1) is 0 Å². The van der Waals surface area contributed by atoms with Crippen molar-refractivity contribution in [3.05, 3.63) is 71.0 Å². The molecule has 7 nitrogen and oxygen atoms in total. The van der Waals surface area contributed by atoms with Gasteiger partial charge < -0.3 is 14.3 Å². The molecule has 35 heavy (non-hydrogen) atoms. The molecule has 184 valence electrons. The van der Waals surface area contributed by atoms with Crippen molar-refractivity contribution in [1.29, 1.82) is 0 Å². The monoisotopic (exact) mass is 486 g/mol. The Balaban J connectivity index is 1.45. The highest BCUT2D eigenvalue weighted by molar-refractivity contribution is 6.00. The first-order valence-electron chi connectivity index (χ1n) is 11.1. The van der Waals surface area contributed by atoms with Crippen LogP contribution in [0.4, 0.5) is 13.2 Å². The first-order chi connectivity index (χ1) is 16.4. The van der Waals surface area contributed by atoms with Gasteiger partial charge >= 0.3 is 6.18 Å². The van der Waals surface area contributed by atoms with Crippen LogP contribution in [0.3, 0.4) is 0 Å². The molecule has 1 aliphatic rings. The van der Waals surface area contributed by atoms with Gasteiger partial charge in [0.1, 0.15) is 0 Å². The van der Waals surface area contributed by atoms with E-state index in [4.69, 9.17) is 4.52 Å². The molecule has 1 aromatic heterocycles. The van der Waals surface area contributed by atoms with Gasteiger partial charge in [-0.1, -0.05) is 38.1 Å². The number of piperazine rings is 1. The Hall–Kier alpha value is -3.69. The molecule has 1 aliphatic heterocycles. The molecule has 0 saturated carbocycles. The van der Waals surface area contributed by atoms with Crippen molar-refractivity contribution in [3.63, 3.8) is 0 Å². The third-order valence-electron chi connectivity index (χ3n) is 5.80. The normalized spacial score (nSPS) is 14.8. The van der Waals surface area contributed by atoms with Gasteiger partial charge in [0.05, 0.1) is 16.7 Å². The Morgan fingerprint density at radius 1 is 0.857 bits per heavy atom. The SMILES string of the molecule is CC(C)(C)c1noc(-c2ccccc2C(=O)N2CCN(C(=O)c3ccc(C(F)(F)F)cc3)CC2)n1. The van der Waals surface area contributed by atoms with Crippen LogP contribution in [-0.2, 0) is 11.6 Å². The van der Waals surface area contributed by atoms with Crippen LogP contribution in [0.5, 0.6) is 0 Å². The minimum Gasteiger partial charge on any atom is -0.335 e. The Bertz CT molecular complexity index is 1220. The maximum atomic E-state index is 13.3. The number of aromatic nitrogens is 2. The van der Waals surface area contributed by atoms with E-state index in [1.807, 2.05) is 20.8 Å². The van der Waals surface area contributed by atoms with Gasteiger partial charge in [-0.25, -0.2) is 0 Å². The van der Waals surface area contributed by atoms with E-state index < -0.39 is 11.7 Å². The second-order valence-corrected chi connectivity index (χ2v) is 9.38. The summed E-state index contributed by atoms with van der Waals surface area (Å²) < 4.78 is 43.8. The molecule has 1 fully saturated rings. The van der Waals surface area contributed by atoms with Gasteiger partial charge in [0.15, 0.2) is 5.82 Å². The van der Waals surface area contributed by atoms with E-state index in [-0.39, 0.29) is 54.9 Å². The van der Waals surface area contributed by atoms with E-state index in [1.54, 1.807) is 29.2 Å². The van der Waals surface area contributed by atoms with Gasteiger partial charge in [0.25, 0.3) is 17.7 Å². The smallest absolute Gasteiger partial charge is 0.335 e. The number of amides is 2. The predicted molar refractivity (Wildman–Crippen MR) is 122 cm³/mol. The largest absolute Gasteiger partial charge is 0.416 e. The molecule has 0 spiro atoms. The second kappa shape index (κ2) is 9.16. The van der Waals surface area contributed by atoms with E-state index in [9.17, 15) is 22.8 Å². The Morgan fingerprint density at radius 3 is 1.97 bits per heavy atom. The van der Waals surface area contributed by atoms with Gasteiger partial charge in [-0.3, -0.25) is 9.59 Å². The fourth-order valence-corrected chi connectivity index (χ4v) is 3.76. The van der Waals surface area contributed by atoms with Gasteiger partial charge in [-0.2, -0.15) is 18.2 Å². The maximum absolute atomic E-state index is 13.3. The zero-order chi connectivity index (χ0) is 25.4. The van der Waals surface area contributed by atoms with Crippen LogP contribution >= 0.6 is 0 Å². The average Bonchev–Trinajstić information content (AvgIpc) is 3.34. The fraction of sp³-hybridized carbons (Fsp3) is 0.360. The second-order valence-electron chi connectivity index (χ2n) is 9.38. The van der Waals surface area contributed by atoms with Gasteiger partial charge in [-0.05, 0) is 36.4 Å². The van der Waals surface area contributed by atoms with E-state index in [0.717, 1.165) is 12.1 Å². The molecular weight excluding hydrogens is 461 g/mol. The van der Waals surface area contributed by atoms with E-state index in [2.05, 4.69) is 10.1 Å². The number of nitrogens with zero attached hydrogens (tertiary/aromatic N) is 4. The zero-order valence-electron chi connectivity index (χ0n) is 19.6. The number of halogens is 3. The minimum absolute atomic E-state index is 0.175. The standard InChI is InChI=1S/C25H25F3N4O3/c1-24(2,3)23-29-20(35-30-23)18-6-4-5-7-19(18)22(34)32-14-12-31(13-15-32)21(33)16-8-10-17(11-9-16)25(26,27)28/h4-11H,12-15H2,1-3H3. The highest BCUT2D eigenvalue weighted by Gasteiger charge is 2.31. The lowest BCUT2D eigenvalue weighted by Gasteiger charge is -2.35. The number of benzene rings is 2. The minimum atomic E-state index is -4.46. The molecule has 3 aromatic rings. The summed E-state index contributed by atoms with van der Waals surface area (Å²) in [5.74, 6) is 0.199. The summed E-state index contributed by atoms with van der Waals surface area (Å²) in [6.07, 6.45) is -4.46. The molecule has 2 heterocycles. The van der Waals surface area contributed by atoms with Crippen molar-refractivity contribution in [2.75, 3.05) is 26.2 Å². The number of hydrogen-bond acceptors (Lipinski definition) is 5. The fourth-order valence-electron chi connectivity index (χ4n) is 3.76. The summed E-state index contributed by atoms with van der Waals surface area (Å²) in [5.41, 5.74) is 0.00690. The molecule has 0 radical (unpaired) electrons. The molecule has 0 atom stereocenters. The maximum Gasteiger partial charge on any atom is 0.416 e. The first-order valence-corrected chi connectivity index (χ1v) is 11.1. The molecule has 4 rings (SSSR count). The number of hydrogen-bond donors (Lipinski definition) is 0. The number of alkyl halides is 3. The summed E-state index contributed by atoms with van der Waals surface area (Å²) in [6.45, 7) is 7.00. The van der Waals surface area contributed by atoms with Crippen LogP contribution in [0.2, 0.25) is 0 Å². The van der Waals surface area contributed by atoms with Crippen LogP contribution in [0.1, 0.15) is 52.9 Å². The lowest BCUT2D eigenvalue weighted by Crippen LogP contribution is -2.50. The molecular formula is C25H25F3N4O3. The van der Waals surface area contributed by atoms with E-state index in [0.29, 0.717) is 17.0 Å². The summed E-state index contributed by atoms with van der Waals surface area (Å²) in [5, 5.41) is 4.04. The Morgan fingerprint density at radius 2 is 1.43 bits per heavy atom. The van der Waals surface area contributed by atoms with Crippen molar-refractivity contribution in [2.24, 2.45) is 0 Å². The highest BCUT2D eigenvalue weighted by Crippen LogP contribution is 2.30. The summed E-state index contributed by atoms with van der Waals surface area (Å²) in [7, 11) is 0. The molecule has 2 aromatic carbocycles. The van der Waals surface area contributed by atoms with Crippen molar-refractivity contribution in [1.82, 2.24) is 19.9 Å². The molecule has 2 amide bonds. The van der Waals surface area contributed by atoms with Crippen molar-refractivity contribution < 1.29 is 27.3 Å². The van der Waals surface area contributed by atoms with Gasteiger partial charge in [0, 0.05) is 37.2 Å². The van der Waals surface area contributed by atoms with Crippen molar-refractivity contribution in [2.45, 2.75) is 32.4 Å². The summed E-state index contributed by atoms with van der Waals surface area (Å²) in [4.78, 5) is 33.7. The molecule has 1 saturated heterocycles. The van der Waals surface area contributed by atoms with Crippen molar-refractivity contribution in [3.8, 4) is 11.5 Å². The van der Waals surface area contributed by atoms with Crippen LogP contribution in [-0.4, -0.2) is 57.9 Å². The van der Waals surface area contributed by atoms with E-state index in [1.165, 1.54) is 17.0 Å². The highest BCUT2D eigenvalue weighted by atomic mass is 19.4. The molecule has 0 bridgehead atoms. The van der Waals surface area contributed by atoms with Crippen LogP contribution in [0.25, 0.3) is 11.5 Å². The summed E-state index contributed by atoms with van der Waals surface area (Å²) in [6, 6.07) is 11.1. The topological polar surface area (TPSA) is 79.5 Å². The lowest BCUT2D eigenvalue weighted by molar-refractivity contribution is -0.137. The number of carbonyl (C=O) groups is 2. The van der Waals surface area contributed by atoms with E-state index >= 15 is 0 Å². The first kappa shape index (κ1) is 24.4. The third kappa shape index (κ3) is 5.21. The average molecular weight is 486 g/mol. The Labute approximate surface area is 200 Å². The Kier molecular flexibility index (Phi) is 6.40. The lowest BCUT2D eigenvalue weighted by atomic mass is 9.96. The predicted octanol–water partition coefficient (Wildman–Crippen LogP) is 4.65. The van der Waals surface area contributed by atoms with Gasteiger partial charge in [-0.15, -0.1) is 0 Å².